The highest BCUT2D eigenvalue weighted by molar-refractivity contribution is 8.00. The zero-order valence-electron chi connectivity index (χ0n) is 11.7. The average molecular weight is 307 g/mol. The van der Waals surface area contributed by atoms with Gasteiger partial charge >= 0.3 is 0 Å². The number of nitrogens with zero attached hydrogens (tertiary/aromatic N) is 3. The molecule has 1 heterocycles. The largest absolute Gasteiger partial charge is 0.370 e. The zero-order valence-corrected chi connectivity index (χ0v) is 13.3. The van der Waals surface area contributed by atoms with Gasteiger partial charge in [-0.15, -0.1) is 10.2 Å². The highest BCUT2D eigenvalue weighted by atomic mass is 32.2. The van der Waals surface area contributed by atoms with Gasteiger partial charge in [-0.1, -0.05) is 29.2 Å². The van der Waals surface area contributed by atoms with Gasteiger partial charge in [0.2, 0.25) is 0 Å². The van der Waals surface area contributed by atoms with Crippen molar-refractivity contribution >= 4 is 34.7 Å². The number of nitrogens with one attached hydrogen (secondary N) is 1. The Kier molecular flexibility index (Phi) is 4.97. The number of benzene rings is 1. The standard InChI is InChI=1S/C13H17N5S2/c1-8-4-5-10(6-9(8)2)16-12(14)15-7-11-17-18-13(19-3)20-11/h4-6H,7H2,1-3H3,(H3,14,15,16). The van der Waals surface area contributed by atoms with Crippen LogP contribution in [0.15, 0.2) is 27.5 Å². The Labute approximate surface area is 126 Å². The minimum absolute atomic E-state index is 0.383. The molecule has 0 bridgehead atoms. The van der Waals surface area contributed by atoms with Crippen LogP contribution in [0.5, 0.6) is 0 Å². The number of anilines is 1. The number of hydrogen-bond donors (Lipinski definition) is 2. The Morgan fingerprint density at radius 1 is 1.35 bits per heavy atom. The second kappa shape index (κ2) is 6.71. The fourth-order valence-corrected chi connectivity index (χ4v) is 2.78. The molecule has 0 aliphatic heterocycles. The summed E-state index contributed by atoms with van der Waals surface area (Å²) in [5, 5.41) is 12.0. The summed E-state index contributed by atoms with van der Waals surface area (Å²) in [6, 6.07) is 6.09. The third-order valence-electron chi connectivity index (χ3n) is 2.79. The Bertz CT molecular complexity index is 621. The summed E-state index contributed by atoms with van der Waals surface area (Å²) in [6.45, 7) is 4.59. The molecular weight excluding hydrogens is 290 g/mol. The second-order valence-corrected chi connectivity index (χ2v) is 6.41. The molecule has 0 radical (unpaired) electrons. The summed E-state index contributed by atoms with van der Waals surface area (Å²) in [6.07, 6.45) is 1.98. The van der Waals surface area contributed by atoms with E-state index in [1.165, 1.54) is 22.5 Å². The normalized spacial score (nSPS) is 11.7. The highest BCUT2D eigenvalue weighted by Crippen LogP contribution is 2.20. The van der Waals surface area contributed by atoms with E-state index in [9.17, 15) is 0 Å². The van der Waals surface area contributed by atoms with Crippen molar-refractivity contribution in [3.05, 3.63) is 34.3 Å². The van der Waals surface area contributed by atoms with Gasteiger partial charge in [-0.3, -0.25) is 0 Å². The van der Waals surface area contributed by atoms with Gasteiger partial charge in [0.25, 0.3) is 0 Å². The van der Waals surface area contributed by atoms with E-state index in [0.29, 0.717) is 12.5 Å². The molecule has 0 unspecified atom stereocenters. The number of rotatable bonds is 4. The van der Waals surface area contributed by atoms with E-state index in [2.05, 4.69) is 46.5 Å². The van der Waals surface area contributed by atoms with Crippen LogP contribution in [-0.4, -0.2) is 22.4 Å². The molecule has 0 atom stereocenters. The Morgan fingerprint density at radius 2 is 2.15 bits per heavy atom. The van der Waals surface area contributed by atoms with Gasteiger partial charge in [0.1, 0.15) is 5.01 Å². The lowest BCUT2D eigenvalue weighted by Crippen LogP contribution is -2.22. The summed E-state index contributed by atoms with van der Waals surface area (Å²) in [4.78, 5) is 4.27. The molecule has 0 aliphatic carbocycles. The maximum Gasteiger partial charge on any atom is 0.193 e. The first-order valence-electron chi connectivity index (χ1n) is 6.09. The molecule has 1 aromatic heterocycles. The van der Waals surface area contributed by atoms with Crippen molar-refractivity contribution < 1.29 is 0 Å². The van der Waals surface area contributed by atoms with Crippen LogP contribution in [0.4, 0.5) is 5.69 Å². The molecule has 5 nitrogen and oxygen atoms in total. The molecule has 7 heteroatoms. The van der Waals surface area contributed by atoms with Gasteiger partial charge in [-0.2, -0.15) is 0 Å². The molecule has 1 aromatic carbocycles. The predicted molar refractivity (Wildman–Crippen MR) is 86.6 cm³/mol. The van der Waals surface area contributed by atoms with E-state index in [1.54, 1.807) is 11.8 Å². The molecule has 2 rings (SSSR count). The Hall–Kier alpha value is -1.60. The van der Waals surface area contributed by atoms with Gasteiger partial charge < -0.3 is 11.1 Å². The number of aliphatic imine (C=N–C) groups is 1. The smallest absolute Gasteiger partial charge is 0.193 e. The van der Waals surface area contributed by atoms with Crippen LogP contribution in [0.25, 0.3) is 0 Å². The third-order valence-corrected chi connectivity index (χ3v) is 4.67. The molecule has 0 saturated carbocycles. The van der Waals surface area contributed by atoms with E-state index in [0.717, 1.165) is 15.0 Å². The van der Waals surface area contributed by atoms with Crippen LogP contribution in [0.1, 0.15) is 16.1 Å². The van der Waals surface area contributed by atoms with Crippen molar-refractivity contribution in [1.82, 2.24) is 10.2 Å². The van der Waals surface area contributed by atoms with Crippen molar-refractivity contribution in [2.75, 3.05) is 11.6 Å². The molecule has 20 heavy (non-hydrogen) atoms. The van der Waals surface area contributed by atoms with Gasteiger partial charge in [-0.25, -0.2) is 4.99 Å². The maximum atomic E-state index is 5.87. The van der Waals surface area contributed by atoms with Gasteiger partial charge in [-0.05, 0) is 43.4 Å². The molecule has 0 amide bonds. The van der Waals surface area contributed by atoms with Crippen molar-refractivity contribution in [3.63, 3.8) is 0 Å². The monoisotopic (exact) mass is 307 g/mol. The summed E-state index contributed by atoms with van der Waals surface area (Å²) >= 11 is 3.11. The molecule has 0 spiro atoms. The first kappa shape index (κ1) is 14.8. The van der Waals surface area contributed by atoms with E-state index in [-0.39, 0.29) is 0 Å². The van der Waals surface area contributed by atoms with E-state index >= 15 is 0 Å². The number of nitrogens with two attached hydrogens (primary N) is 1. The van der Waals surface area contributed by atoms with Crippen molar-refractivity contribution in [3.8, 4) is 0 Å². The van der Waals surface area contributed by atoms with Crippen molar-refractivity contribution in [2.45, 2.75) is 24.7 Å². The lowest BCUT2D eigenvalue weighted by Gasteiger charge is -2.07. The lowest BCUT2D eigenvalue weighted by atomic mass is 10.1. The van der Waals surface area contributed by atoms with Crippen LogP contribution in [0.2, 0.25) is 0 Å². The number of hydrogen-bond acceptors (Lipinski definition) is 5. The lowest BCUT2D eigenvalue weighted by molar-refractivity contribution is 0.926. The average Bonchev–Trinajstić information content (AvgIpc) is 2.89. The summed E-state index contributed by atoms with van der Waals surface area (Å²) in [7, 11) is 0. The fraction of sp³-hybridized carbons (Fsp3) is 0.308. The van der Waals surface area contributed by atoms with Gasteiger partial charge in [0, 0.05) is 5.69 Å². The van der Waals surface area contributed by atoms with Gasteiger partial charge in [0.15, 0.2) is 10.3 Å². The summed E-state index contributed by atoms with van der Waals surface area (Å²) < 4.78 is 0.941. The first-order chi connectivity index (χ1) is 9.58. The predicted octanol–water partition coefficient (Wildman–Crippen LogP) is 2.80. The molecular formula is C13H17N5S2. The topological polar surface area (TPSA) is 76.2 Å². The molecule has 106 valence electrons. The minimum Gasteiger partial charge on any atom is -0.370 e. The number of aromatic nitrogens is 2. The Balaban J connectivity index is 1.98. The number of guanidine groups is 1. The zero-order chi connectivity index (χ0) is 14.5. The van der Waals surface area contributed by atoms with Crippen LogP contribution in [0, 0.1) is 13.8 Å². The number of aryl methyl sites for hydroxylation is 2. The molecule has 3 N–H and O–H groups in total. The minimum atomic E-state index is 0.383. The van der Waals surface area contributed by atoms with Crippen LogP contribution in [0.3, 0.4) is 0 Å². The van der Waals surface area contributed by atoms with E-state index < -0.39 is 0 Å². The fourth-order valence-electron chi connectivity index (χ4n) is 1.54. The summed E-state index contributed by atoms with van der Waals surface area (Å²) in [5.41, 5.74) is 9.29. The second-order valence-electron chi connectivity index (χ2n) is 4.29. The third kappa shape index (κ3) is 3.94. The molecule has 0 aliphatic rings. The Morgan fingerprint density at radius 3 is 2.80 bits per heavy atom. The number of thioether (sulfide) groups is 1. The van der Waals surface area contributed by atoms with Crippen LogP contribution in [-0.2, 0) is 6.54 Å². The van der Waals surface area contributed by atoms with Crippen molar-refractivity contribution in [1.29, 1.82) is 0 Å². The van der Waals surface area contributed by atoms with E-state index in [1.807, 2.05) is 12.3 Å². The van der Waals surface area contributed by atoms with Gasteiger partial charge in [0.05, 0.1) is 6.54 Å². The quantitative estimate of drug-likeness (QED) is 0.516. The maximum absolute atomic E-state index is 5.87. The highest BCUT2D eigenvalue weighted by Gasteiger charge is 2.03. The molecule has 2 aromatic rings. The molecule has 0 fully saturated rings. The first-order valence-corrected chi connectivity index (χ1v) is 8.13. The van der Waals surface area contributed by atoms with Crippen molar-refractivity contribution in [2.24, 2.45) is 10.7 Å². The van der Waals surface area contributed by atoms with Crippen LogP contribution < -0.4 is 11.1 Å². The van der Waals surface area contributed by atoms with Crippen LogP contribution >= 0.6 is 23.1 Å². The SMILES string of the molecule is CSc1nnc(CN=C(N)Nc2ccc(C)c(C)c2)s1. The summed E-state index contributed by atoms with van der Waals surface area (Å²) in [5.74, 6) is 0.383. The molecule has 0 saturated heterocycles. The van der Waals surface area contributed by atoms with E-state index in [4.69, 9.17) is 5.73 Å².